The van der Waals surface area contributed by atoms with Crippen LogP contribution in [0.1, 0.15) is 24.8 Å². The van der Waals surface area contributed by atoms with Gasteiger partial charge < -0.3 is 5.73 Å². The Balaban J connectivity index is 2.10. The first-order valence-corrected chi connectivity index (χ1v) is 9.48. The minimum Gasteiger partial charge on any atom is -0.397 e. The zero-order valence-corrected chi connectivity index (χ0v) is 13.7. The van der Waals surface area contributed by atoms with Gasteiger partial charge in [0.2, 0.25) is 10.0 Å². The average Bonchev–Trinajstić information content (AvgIpc) is 2.43. The predicted octanol–water partition coefficient (Wildman–Crippen LogP) is 2.79. The SMILES string of the molecule is Cc1cc(S(=O)(=O)NCC2CCCCS2)cc(N)c1Cl. The van der Waals surface area contributed by atoms with Gasteiger partial charge in [-0.2, -0.15) is 11.8 Å². The highest BCUT2D eigenvalue weighted by Crippen LogP contribution is 2.28. The molecule has 1 aliphatic rings. The van der Waals surface area contributed by atoms with Crippen molar-refractivity contribution < 1.29 is 8.42 Å². The third-order valence-electron chi connectivity index (χ3n) is 3.34. The van der Waals surface area contributed by atoms with E-state index in [1.807, 2.05) is 11.8 Å². The van der Waals surface area contributed by atoms with Crippen molar-refractivity contribution in [3.05, 3.63) is 22.7 Å². The predicted molar refractivity (Wildman–Crippen MR) is 85.9 cm³/mol. The van der Waals surface area contributed by atoms with Crippen molar-refractivity contribution in [2.45, 2.75) is 36.3 Å². The summed E-state index contributed by atoms with van der Waals surface area (Å²) in [7, 11) is -3.52. The fourth-order valence-corrected chi connectivity index (χ4v) is 4.83. The van der Waals surface area contributed by atoms with Crippen LogP contribution >= 0.6 is 23.4 Å². The van der Waals surface area contributed by atoms with Crippen LogP contribution in [0.15, 0.2) is 17.0 Å². The Morgan fingerprint density at radius 3 is 2.80 bits per heavy atom. The highest BCUT2D eigenvalue weighted by atomic mass is 35.5. The number of nitrogens with one attached hydrogen (secondary N) is 1. The van der Waals surface area contributed by atoms with Crippen molar-refractivity contribution in [1.82, 2.24) is 4.72 Å². The molecule has 0 radical (unpaired) electrons. The molecule has 0 amide bonds. The van der Waals surface area contributed by atoms with Crippen molar-refractivity contribution in [2.75, 3.05) is 18.0 Å². The van der Waals surface area contributed by atoms with Gasteiger partial charge in [-0.15, -0.1) is 0 Å². The van der Waals surface area contributed by atoms with Crippen LogP contribution in [0.2, 0.25) is 5.02 Å². The van der Waals surface area contributed by atoms with Crippen molar-refractivity contribution in [3.8, 4) is 0 Å². The van der Waals surface area contributed by atoms with Crippen LogP contribution < -0.4 is 10.5 Å². The van der Waals surface area contributed by atoms with Gasteiger partial charge in [0.15, 0.2) is 0 Å². The fourth-order valence-electron chi connectivity index (χ4n) is 2.17. The summed E-state index contributed by atoms with van der Waals surface area (Å²) in [6.45, 7) is 2.21. The Morgan fingerprint density at radius 1 is 1.45 bits per heavy atom. The van der Waals surface area contributed by atoms with Crippen molar-refractivity contribution in [1.29, 1.82) is 0 Å². The molecule has 0 aliphatic carbocycles. The molecular weight excluding hydrogens is 316 g/mol. The van der Waals surface area contributed by atoms with Gasteiger partial charge in [0.25, 0.3) is 0 Å². The Labute approximate surface area is 129 Å². The third kappa shape index (κ3) is 3.81. The number of halogens is 1. The molecule has 0 bridgehead atoms. The fraction of sp³-hybridized carbons (Fsp3) is 0.538. The monoisotopic (exact) mass is 334 g/mol. The minimum absolute atomic E-state index is 0.178. The van der Waals surface area contributed by atoms with Crippen LogP contribution in [-0.4, -0.2) is 26.0 Å². The van der Waals surface area contributed by atoms with Crippen LogP contribution in [0.3, 0.4) is 0 Å². The first-order chi connectivity index (χ1) is 9.40. The van der Waals surface area contributed by atoms with Crippen LogP contribution in [0.25, 0.3) is 0 Å². The van der Waals surface area contributed by atoms with E-state index in [1.54, 1.807) is 13.0 Å². The number of hydrogen-bond donors (Lipinski definition) is 2. The quantitative estimate of drug-likeness (QED) is 0.830. The molecule has 0 spiro atoms. The summed E-state index contributed by atoms with van der Waals surface area (Å²) >= 11 is 7.79. The molecule has 1 atom stereocenters. The van der Waals surface area contributed by atoms with E-state index >= 15 is 0 Å². The summed E-state index contributed by atoms with van der Waals surface area (Å²) in [5, 5.41) is 0.774. The average molecular weight is 335 g/mol. The molecule has 1 saturated heterocycles. The van der Waals surface area contributed by atoms with Crippen molar-refractivity contribution in [3.63, 3.8) is 0 Å². The molecule has 4 nitrogen and oxygen atoms in total. The van der Waals surface area contributed by atoms with Crippen LogP contribution in [0, 0.1) is 6.92 Å². The Kier molecular flexibility index (Phi) is 5.23. The van der Waals surface area contributed by atoms with E-state index in [0.29, 0.717) is 28.1 Å². The number of thioether (sulfide) groups is 1. The molecule has 0 aromatic heterocycles. The first-order valence-electron chi connectivity index (χ1n) is 6.57. The lowest BCUT2D eigenvalue weighted by Gasteiger charge is -2.21. The second-order valence-electron chi connectivity index (χ2n) is 4.98. The molecule has 1 aromatic carbocycles. The second-order valence-corrected chi connectivity index (χ2v) is 8.54. The first kappa shape index (κ1) is 15.9. The van der Waals surface area contributed by atoms with E-state index in [2.05, 4.69) is 4.72 Å². The van der Waals surface area contributed by atoms with Gasteiger partial charge in [0.05, 0.1) is 15.6 Å². The summed E-state index contributed by atoms with van der Waals surface area (Å²) < 4.78 is 27.2. The molecular formula is C13H19ClN2O2S2. The summed E-state index contributed by atoms with van der Waals surface area (Å²) in [6, 6.07) is 2.96. The van der Waals surface area contributed by atoms with Crippen LogP contribution in [-0.2, 0) is 10.0 Å². The highest BCUT2D eigenvalue weighted by Gasteiger charge is 2.20. The molecule has 1 fully saturated rings. The van der Waals surface area contributed by atoms with E-state index in [4.69, 9.17) is 17.3 Å². The lowest BCUT2D eigenvalue weighted by molar-refractivity contribution is 0.574. The number of sulfonamides is 1. The van der Waals surface area contributed by atoms with E-state index < -0.39 is 10.0 Å². The summed E-state index contributed by atoms with van der Waals surface area (Å²) in [4.78, 5) is 0.178. The summed E-state index contributed by atoms with van der Waals surface area (Å²) in [5.74, 6) is 1.11. The van der Waals surface area contributed by atoms with Gasteiger partial charge >= 0.3 is 0 Å². The van der Waals surface area contributed by atoms with Crippen LogP contribution in [0.5, 0.6) is 0 Å². The van der Waals surface area contributed by atoms with Crippen LogP contribution in [0.4, 0.5) is 5.69 Å². The Bertz CT molecular complexity index is 561. The lowest BCUT2D eigenvalue weighted by Crippen LogP contribution is -2.32. The number of rotatable bonds is 4. The maximum Gasteiger partial charge on any atom is 0.240 e. The van der Waals surface area contributed by atoms with Gasteiger partial charge in [0.1, 0.15) is 0 Å². The normalized spacial score (nSPS) is 20.0. The Hall–Kier alpha value is -0.430. The maximum atomic E-state index is 12.3. The van der Waals surface area contributed by atoms with Gasteiger partial charge in [-0.05, 0) is 43.2 Å². The number of nitrogens with two attached hydrogens (primary N) is 1. The molecule has 1 aliphatic heterocycles. The van der Waals surface area contributed by atoms with Gasteiger partial charge in [-0.25, -0.2) is 13.1 Å². The number of benzene rings is 1. The van der Waals surface area contributed by atoms with Crippen molar-refractivity contribution in [2.24, 2.45) is 0 Å². The van der Waals surface area contributed by atoms with Gasteiger partial charge in [-0.1, -0.05) is 18.0 Å². The molecule has 20 heavy (non-hydrogen) atoms. The molecule has 1 aromatic rings. The number of nitrogen functional groups attached to an aromatic ring is 1. The van der Waals surface area contributed by atoms with E-state index in [0.717, 1.165) is 12.2 Å². The third-order valence-corrected chi connectivity index (χ3v) is 6.66. The molecule has 1 unspecified atom stereocenters. The molecule has 3 N–H and O–H groups in total. The molecule has 0 saturated carbocycles. The topological polar surface area (TPSA) is 72.2 Å². The van der Waals surface area contributed by atoms with Gasteiger partial charge in [0, 0.05) is 11.8 Å². The molecule has 7 heteroatoms. The van der Waals surface area contributed by atoms with E-state index in [9.17, 15) is 8.42 Å². The van der Waals surface area contributed by atoms with Gasteiger partial charge in [-0.3, -0.25) is 0 Å². The standard InChI is InChI=1S/C13H19ClN2O2S2/c1-9-6-11(7-12(15)13(9)14)20(17,18)16-8-10-4-2-3-5-19-10/h6-7,10,16H,2-5,8,15H2,1H3. The lowest BCUT2D eigenvalue weighted by atomic mass is 10.2. The zero-order valence-electron chi connectivity index (χ0n) is 11.4. The molecule has 2 rings (SSSR count). The maximum absolute atomic E-state index is 12.3. The summed E-state index contributed by atoms with van der Waals surface area (Å²) in [5.41, 5.74) is 6.69. The number of hydrogen-bond acceptors (Lipinski definition) is 4. The van der Waals surface area contributed by atoms with E-state index in [-0.39, 0.29) is 4.90 Å². The highest BCUT2D eigenvalue weighted by molar-refractivity contribution is 8.00. The van der Waals surface area contributed by atoms with E-state index in [1.165, 1.54) is 18.9 Å². The molecule has 112 valence electrons. The van der Waals surface area contributed by atoms with Crippen molar-refractivity contribution >= 4 is 39.1 Å². The zero-order chi connectivity index (χ0) is 14.8. The number of aryl methyl sites for hydroxylation is 1. The summed E-state index contributed by atoms with van der Waals surface area (Å²) in [6.07, 6.45) is 3.46. The largest absolute Gasteiger partial charge is 0.397 e. The minimum atomic E-state index is -3.52. The molecule has 1 heterocycles. The number of anilines is 1. The smallest absolute Gasteiger partial charge is 0.240 e. The Morgan fingerprint density at radius 2 is 2.20 bits per heavy atom. The second kappa shape index (κ2) is 6.56.